The van der Waals surface area contributed by atoms with E-state index >= 15 is 0 Å². The fourth-order valence-electron chi connectivity index (χ4n) is 5.57. The van der Waals surface area contributed by atoms with E-state index in [0.29, 0.717) is 18.8 Å². The van der Waals surface area contributed by atoms with E-state index in [4.69, 9.17) is 9.84 Å². The number of rotatable bonds is 4. The highest BCUT2D eigenvalue weighted by Crippen LogP contribution is 2.49. The number of aryl methyl sites for hydroxylation is 1. The molecule has 0 radical (unpaired) electrons. The molecule has 3 aliphatic rings. The van der Waals surface area contributed by atoms with E-state index in [2.05, 4.69) is 32.9 Å². The van der Waals surface area contributed by atoms with Crippen molar-refractivity contribution < 1.29 is 9.53 Å². The summed E-state index contributed by atoms with van der Waals surface area (Å²) in [4.78, 5) is 17.4. The first-order valence-corrected chi connectivity index (χ1v) is 12.0. The summed E-state index contributed by atoms with van der Waals surface area (Å²) in [6.07, 6.45) is 7.89. The van der Waals surface area contributed by atoms with Gasteiger partial charge < -0.3 is 14.5 Å². The van der Waals surface area contributed by atoms with Gasteiger partial charge in [-0.1, -0.05) is 12.1 Å². The molecule has 3 aliphatic heterocycles. The SMILES string of the molecule is Cn1ccc(C(=O)N2CCC3(CC2)Oc2ccccc2-c2c3cnn2CCN2CCCC2)n1. The highest BCUT2D eigenvalue weighted by molar-refractivity contribution is 5.92. The summed E-state index contributed by atoms with van der Waals surface area (Å²) in [6.45, 7) is 5.55. The van der Waals surface area contributed by atoms with Crippen LogP contribution in [0.2, 0.25) is 0 Å². The van der Waals surface area contributed by atoms with E-state index < -0.39 is 5.60 Å². The molecule has 8 heteroatoms. The molecule has 33 heavy (non-hydrogen) atoms. The number of para-hydroxylation sites is 1. The van der Waals surface area contributed by atoms with Crippen molar-refractivity contribution in [3.05, 3.63) is 54.0 Å². The van der Waals surface area contributed by atoms with Crippen molar-refractivity contribution in [1.82, 2.24) is 29.4 Å². The number of hydrogen-bond donors (Lipinski definition) is 0. The number of aromatic nitrogens is 4. The Morgan fingerprint density at radius 2 is 1.85 bits per heavy atom. The second-order valence-corrected chi connectivity index (χ2v) is 9.44. The van der Waals surface area contributed by atoms with E-state index in [1.165, 1.54) is 31.6 Å². The quantitative estimate of drug-likeness (QED) is 0.617. The summed E-state index contributed by atoms with van der Waals surface area (Å²) in [5.74, 6) is 0.903. The number of hydrogen-bond acceptors (Lipinski definition) is 5. The lowest BCUT2D eigenvalue weighted by Crippen LogP contribution is -2.49. The van der Waals surface area contributed by atoms with E-state index in [9.17, 15) is 4.79 Å². The molecule has 2 fully saturated rings. The number of benzene rings is 1. The molecule has 1 aromatic carbocycles. The number of amides is 1. The molecule has 0 unspecified atom stereocenters. The Morgan fingerprint density at radius 1 is 1.06 bits per heavy atom. The zero-order chi connectivity index (χ0) is 22.4. The first-order valence-electron chi connectivity index (χ1n) is 12.0. The van der Waals surface area contributed by atoms with Crippen molar-refractivity contribution in [3.8, 4) is 17.0 Å². The number of fused-ring (bicyclic) bond motifs is 4. The maximum absolute atomic E-state index is 12.9. The van der Waals surface area contributed by atoms with Gasteiger partial charge in [0.2, 0.25) is 0 Å². The highest BCUT2D eigenvalue weighted by atomic mass is 16.5. The van der Waals surface area contributed by atoms with Gasteiger partial charge in [-0.15, -0.1) is 0 Å². The average molecular weight is 447 g/mol. The van der Waals surface area contributed by atoms with Crippen LogP contribution in [0, 0.1) is 0 Å². The summed E-state index contributed by atoms with van der Waals surface area (Å²) < 4.78 is 10.5. The van der Waals surface area contributed by atoms with Crippen LogP contribution in [-0.4, -0.2) is 68.0 Å². The Kier molecular flexibility index (Phi) is 4.98. The van der Waals surface area contributed by atoms with Crippen LogP contribution in [0.4, 0.5) is 0 Å². The van der Waals surface area contributed by atoms with Gasteiger partial charge in [-0.25, -0.2) is 0 Å². The second kappa shape index (κ2) is 8.02. The van der Waals surface area contributed by atoms with E-state index in [-0.39, 0.29) is 5.91 Å². The van der Waals surface area contributed by atoms with Gasteiger partial charge >= 0.3 is 0 Å². The molecule has 0 N–H and O–H groups in total. The van der Waals surface area contributed by atoms with Crippen LogP contribution in [0.3, 0.4) is 0 Å². The lowest BCUT2D eigenvalue weighted by atomic mass is 9.81. The van der Waals surface area contributed by atoms with Gasteiger partial charge in [0.05, 0.1) is 18.4 Å². The van der Waals surface area contributed by atoms with Crippen LogP contribution in [0.15, 0.2) is 42.7 Å². The van der Waals surface area contributed by atoms with Gasteiger partial charge in [0.25, 0.3) is 5.91 Å². The molecule has 8 nitrogen and oxygen atoms in total. The molecule has 0 saturated carbocycles. The average Bonchev–Trinajstić information content (AvgIpc) is 3.59. The summed E-state index contributed by atoms with van der Waals surface area (Å²) in [6, 6.07) is 10.1. The largest absolute Gasteiger partial charge is 0.482 e. The maximum atomic E-state index is 12.9. The van der Waals surface area contributed by atoms with Gasteiger partial charge in [0.15, 0.2) is 0 Å². The molecule has 3 aromatic rings. The Morgan fingerprint density at radius 3 is 2.61 bits per heavy atom. The van der Waals surface area contributed by atoms with Gasteiger partial charge in [0, 0.05) is 56.8 Å². The van der Waals surface area contributed by atoms with Crippen molar-refractivity contribution in [2.75, 3.05) is 32.7 Å². The van der Waals surface area contributed by atoms with E-state index in [1.807, 2.05) is 30.4 Å². The first kappa shape index (κ1) is 20.5. The molecule has 1 amide bonds. The molecule has 1 spiro atoms. The predicted molar refractivity (Wildman–Crippen MR) is 124 cm³/mol. The van der Waals surface area contributed by atoms with Crippen LogP contribution in [0.5, 0.6) is 5.75 Å². The standard InChI is InChI=1S/C25H30N6O2/c1-28-13-8-21(27-28)24(32)30-14-9-25(10-15-30)20-18-26-31(17-16-29-11-4-5-12-29)23(20)19-6-2-3-7-22(19)33-25/h2-3,6-8,13,18H,4-5,9-12,14-17H2,1H3. The number of likely N-dealkylation sites (tertiary alicyclic amines) is 2. The summed E-state index contributed by atoms with van der Waals surface area (Å²) in [5, 5.41) is 9.12. The van der Waals surface area contributed by atoms with Crippen LogP contribution < -0.4 is 4.74 Å². The fraction of sp³-hybridized carbons (Fsp3) is 0.480. The zero-order valence-electron chi connectivity index (χ0n) is 19.1. The molecule has 6 rings (SSSR count). The normalized spacial score (nSPS) is 19.4. The Hall–Kier alpha value is -3.13. The lowest BCUT2D eigenvalue weighted by Gasteiger charge is -2.44. The molecule has 2 saturated heterocycles. The molecular formula is C25H30N6O2. The van der Waals surface area contributed by atoms with Crippen molar-refractivity contribution in [1.29, 1.82) is 0 Å². The molecule has 2 aromatic heterocycles. The van der Waals surface area contributed by atoms with Crippen LogP contribution in [0.1, 0.15) is 41.7 Å². The Bertz CT molecular complexity index is 1170. The Labute approximate surface area is 193 Å². The highest BCUT2D eigenvalue weighted by Gasteiger charge is 2.46. The van der Waals surface area contributed by atoms with Crippen molar-refractivity contribution in [2.24, 2.45) is 7.05 Å². The van der Waals surface area contributed by atoms with Crippen molar-refractivity contribution in [2.45, 2.75) is 37.8 Å². The van der Waals surface area contributed by atoms with E-state index in [0.717, 1.165) is 42.8 Å². The molecule has 0 bridgehead atoms. The number of carbonyl (C=O) groups excluding carboxylic acids is 1. The molecular weight excluding hydrogens is 416 g/mol. The van der Waals surface area contributed by atoms with Gasteiger partial charge in [-0.2, -0.15) is 10.2 Å². The van der Waals surface area contributed by atoms with Gasteiger partial charge in [0.1, 0.15) is 17.0 Å². The van der Waals surface area contributed by atoms with Crippen LogP contribution in [0.25, 0.3) is 11.3 Å². The Balaban J connectivity index is 1.27. The molecule has 0 aliphatic carbocycles. The summed E-state index contributed by atoms with van der Waals surface area (Å²) >= 11 is 0. The molecule has 0 atom stereocenters. The summed E-state index contributed by atoms with van der Waals surface area (Å²) in [5.41, 5.74) is 3.51. The van der Waals surface area contributed by atoms with Crippen LogP contribution in [-0.2, 0) is 19.2 Å². The van der Waals surface area contributed by atoms with Crippen molar-refractivity contribution in [3.63, 3.8) is 0 Å². The van der Waals surface area contributed by atoms with E-state index in [1.54, 1.807) is 10.7 Å². The smallest absolute Gasteiger partial charge is 0.274 e. The molecule has 172 valence electrons. The fourth-order valence-corrected chi connectivity index (χ4v) is 5.57. The topological polar surface area (TPSA) is 68.4 Å². The minimum atomic E-state index is -0.448. The zero-order valence-corrected chi connectivity index (χ0v) is 19.1. The third-order valence-electron chi connectivity index (χ3n) is 7.40. The monoisotopic (exact) mass is 446 g/mol. The minimum absolute atomic E-state index is 0.0109. The summed E-state index contributed by atoms with van der Waals surface area (Å²) in [7, 11) is 1.83. The number of piperidine rings is 1. The minimum Gasteiger partial charge on any atom is -0.482 e. The van der Waals surface area contributed by atoms with Gasteiger partial charge in [-0.05, 0) is 44.1 Å². The number of nitrogens with zero attached hydrogens (tertiary/aromatic N) is 6. The lowest BCUT2D eigenvalue weighted by molar-refractivity contribution is -0.00195. The number of carbonyl (C=O) groups is 1. The molecule has 5 heterocycles. The first-order chi connectivity index (χ1) is 16.1. The number of ether oxygens (including phenoxy) is 1. The second-order valence-electron chi connectivity index (χ2n) is 9.44. The van der Waals surface area contributed by atoms with Crippen LogP contribution >= 0.6 is 0 Å². The third kappa shape index (κ3) is 3.53. The van der Waals surface area contributed by atoms with Crippen molar-refractivity contribution >= 4 is 5.91 Å². The van der Waals surface area contributed by atoms with Gasteiger partial charge in [-0.3, -0.25) is 14.2 Å². The predicted octanol–water partition coefficient (Wildman–Crippen LogP) is 2.90. The maximum Gasteiger partial charge on any atom is 0.274 e. The third-order valence-corrected chi connectivity index (χ3v) is 7.40.